The van der Waals surface area contributed by atoms with Gasteiger partial charge in [-0.3, -0.25) is 0 Å². The molecule has 0 unspecified atom stereocenters. The normalized spacial score (nSPS) is 11.7. The number of nitrogen functional groups attached to an aromatic ring is 1. The SMILES string of the molecule is COCCCOCCS(=O)(=O)c1ccc(Cl)cc1N. The molecule has 1 rings (SSSR count). The van der Waals surface area contributed by atoms with Crippen LogP contribution in [0.4, 0.5) is 5.69 Å². The third-order valence-electron chi connectivity index (χ3n) is 2.44. The quantitative estimate of drug-likeness (QED) is 0.585. The van der Waals surface area contributed by atoms with E-state index in [0.717, 1.165) is 6.42 Å². The molecule has 2 N–H and O–H groups in total. The molecular weight excluding hydrogens is 290 g/mol. The Balaban J connectivity index is 2.52. The van der Waals surface area contributed by atoms with E-state index in [1.807, 2.05) is 0 Å². The largest absolute Gasteiger partial charge is 0.398 e. The highest BCUT2D eigenvalue weighted by Crippen LogP contribution is 2.23. The smallest absolute Gasteiger partial charge is 0.182 e. The summed E-state index contributed by atoms with van der Waals surface area (Å²) in [6.45, 7) is 1.20. The number of nitrogens with two attached hydrogens (primary N) is 1. The van der Waals surface area contributed by atoms with Crippen molar-refractivity contribution in [1.82, 2.24) is 0 Å². The summed E-state index contributed by atoms with van der Waals surface area (Å²) in [6.07, 6.45) is 0.736. The molecule has 108 valence electrons. The number of halogens is 1. The second kappa shape index (κ2) is 7.69. The van der Waals surface area contributed by atoms with Crippen LogP contribution in [0, 0.1) is 0 Å². The molecule has 0 aliphatic rings. The number of rotatable bonds is 8. The summed E-state index contributed by atoms with van der Waals surface area (Å²) in [5.74, 6) is -0.105. The molecule has 0 heterocycles. The van der Waals surface area contributed by atoms with E-state index in [4.69, 9.17) is 26.8 Å². The number of sulfone groups is 1. The van der Waals surface area contributed by atoms with Gasteiger partial charge in [0.1, 0.15) is 0 Å². The molecule has 0 fully saturated rings. The molecule has 5 nitrogen and oxygen atoms in total. The Hall–Kier alpha value is -0.820. The summed E-state index contributed by atoms with van der Waals surface area (Å²) in [5, 5.41) is 0.410. The maximum atomic E-state index is 12.0. The van der Waals surface area contributed by atoms with E-state index >= 15 is 0 Å². The van der Waals surface area contributed by atoms with Crippen LogP contribution in [-0.4, -0.2) is 41.1 Å². The molecule has 0 aromatic heterocycles. The topological polar surface area (TPSA) is 78.6 Å². The molecule has 0 bridgehead atoms. The zero-order chi connectivity index (χ0) is 14.3. The highest BCUT2D eigenvalue weighted by atomic mass is 35.5. The second-order valence-electron chi connectivity index (χ2n) is 3.96. The van der Waals surface area contributed by atoms with Gasteiger partial charge in [0.25, 0.3) is 0 Å². The Morgan fingerprint density at radius 1 is 1.26 bits per heavy atom. The van der Waals surface area contributed by atoms with Crippen LogP contribution >= 0.6 is 11.6 Å². The molecule has 0 saturated carbocycles. The van der Waals surface area contributed by atoms with Crippen molar-refractivity contribution in [3.8, 4) is 0 Å². The third kappa shape index (κ3) is 5.36. The van der Waals surface area contributed by atoms with Crippen molar-refractivity contribution < 1.29 is 17.9 Å². The van der Waals surface area contributed by atoms with E-state index < -0.39 is 9.84 Å². The first kappa shape index (κ1) is 16.2. The summed E-state index contributed by atoms with van der Waals surface area (Å²) < 4.78 is 34.1. The van der Waals surface area contributed by atoms with Crippen molar-refractivity contribution in [2.24, 2.45) is 0 Å². The standard InChI is InChI=1S/C12H18ClNO4S/c1-17-5-2-6-18-7-8-19(15,16)12-4-3-10(13)9-11(12)14/h3-4,9H,2,5-8,14H2,1H3. The molecule has 0 spiro atoms. The van der Waals surface area contributed by atoms with Crippen LogP contribution in [0.5, 0.6) is 0 Å². The van der Waals surface area contributed by atoms with Crippen molar-refractivity contribution in [3.05, 3.63) is 23.2 Å². The van der Waals surface area contributed by atoms with Gasteiger partial charge in [-0.15, -0.1) is 0 Å². The van der Waals surface area contributed by atoms with Gasteiger partial charge in [-0.2, -0.15) is 0 Å². The summed E-state index contributed by atoms with van der Waals surface area (Å²) in [6, 6.07) is 4.34. The zero-order valence-corrected chi connectivity index (χ0v) is 12.3. The van der Waals surface area contributed by atoms with E-state index in [9.17, 15) is 8.42 Å². The van der Waals surface area contributed by atoms with Gasteiger partial charge in [0.05, 0.1) is 22.9 Å². The van der Waals surface area contributed by atoms with E-state index in [-0.39, 0.29) is 22.9 Å². The molecule has 19 heavy (non-hydrogen) atoms. The maximum absolute atomic E-state index is 12.0. The maximum Gasteiger partial charge on any atom is 0.182 e. The number of hydrogen-bond donors (Lipinski definition) is 1. The number of methoxy groups -OCH3 is 1. The minimum atomic E-state index is -3.44. The van der Waals surface area contributed by atoms with Crippen molar-refractivity contribution in [2.45, 2.75) is 11.3 Å². The lowest BCUT2D eigenvalue weighted by Crippen LogP contribution is -2.15. The average molecular weight is 308 g/mol. The first-order valence-corrected chi connectivity index (χ1v) is 7.85. The number of benzene rings is 1. The van der Waals surface area contributed by atoms with Gasteiger partial charge in [0, 0.05) is 25.3 Å². The molecule has 1 aromatic rings. The van der Waals surface area contributed by atoms with E-state index in [1.54, 1.807) is 7.11 Å². The van der Waals surface area contributed by atoms with Crippen LogP contribution in [0.25, 0.3) is 0 Å². The van der Waals surface area contributed by atoms with Crippen molar-refractivity contribution in [3.63, 3.8) is 0 Å². The molecule has 0 atom stereocenters. The summed E-state index contributed by atoms with van der Waals surface area (Å²) in [7, 11) is -1.84. The highest BCUT2D eigenvalue weighted by molar-refractivity contribution is 7.91. The lowest BCUT2D eigenvalue weighted by Gasteiger charge is -2.08. The fourth-order valence-electron chi connectivity index (χ4n) is 1.49. The predicted octanol–water partition coefficient (Wildman–Crippen LogP) is 1.75. The molecule has 1 aromatic carbocycles. The monoisotopic (exact) mass is 307 g/mol. The van der Waals surface area contributed by atoms with Crippen molar-refractivity contribution in [2.75, 3.05) is 38.4 Å². The summed E-state index contributed by atoms with van der Waals surface area (Å²) in [5.41, 5.74) is 5.82. The summed E-state index contributed by atoms with van der Waals surface area (Å²) in [4.78, 5) is 0.0948. The molecule has 7 heteroatoms. The van der Waals surface area contributed by atoms with Crippen molar-refractivity contribution >= 4 is 27.1 Å². The Kier molecular flexibility index (Phi) is 6.57. The summed E-state index contributed by atoms with van der Waals surface area (Å²) >= 11 is 5.73. The zero-order valence-electron chi connectivity index (χ0n) is 10.8. The minimum Gasteiger partial charge on any atom is -0.398 e. The molecule has 0 radical (unpaired) electrons. The Morgan fingerprint density at radius 2 is 2.00 bits per heavy atom. The molecule has 0 saturated heterocycles. The number of ether oxygens (including phenoxy) is 2. The molecule has 0 amide bonds. The predicted molar refractivity (Wildman–Crippen MR) is 75.2 cm³/mol. The second-order valence-corrected chi connectivity index (χ2v) is 6.47. The fourth-order valence-corrected chi connectivity index (χ4v) is 2.92. The third-order valence-corrected chi connectivity index (χ3v) is 4.42. The van der Waals surface area contributed by atoms with Crippen LogP contribution in [0.15, 0.2) is 23.1 Å². The van der Waals surface area contributed by atoms with E-state index in [1.165, 1.54) is 18.2 Å². The highest BCUT2D eigenvalue weighted by Gasteiger charge is 2.17. The van der Waals surface area contributed by atoms with E-state index in [2.05, 4.69) is 0 Å². The fraction of sp³-hybridized carbons (Fsp3) is 0.500. The van der Waals surface area contributed by atoms with Gasteiger partial charge in [-0.05, 0) is 24.6 Å². The van der Waals surface area contributed by atoms with Crippen LogP contribution in [0.3, 0.4) is 0 Å². The average Bonchev–Trinajstić information content (AvgIpc) is 2.33. The van der Waals surface area contributed by atoms with Crippen molar-refractivity contribution in [1.29, 1.82) is 0 Å². The number of hydrogen-bond acceptors (Lipinski definition) is 5. The lowest BCUT2D eigenvalue weighted by molar-refractivity contribution is 0.112. The van der Waals surface area contributed by atoms with Gasteiger partial charge in [-0.25, -0.2) is 8.42 Å². The number of anilines is 1. The van der Waals surface area contributed by atoms with Crippen LogP contribution in [0.1, 0.15) is 6.42 Å². The van der Waals surface area contributed by atoms with Crippen LogP contribution in [-0.2, 0) is 19.3 Å². The van der Waals surface area contributed by atoms with Gasteiger partial charge in [0.15, 0.2) is 9.84 Å². The molecule has 0 aliphatic heterocycles. The van der Waals surface area contributed by atoms with Crippen LogP contribution in [0.2, 0.25) is 5.02 Å². The first-order valence-electron chi connectivity index (χ1n) is 5.82. The molecule has 0 aliphatic carbocycles. The molecular formula is C12H18ClNO4S. The van der Waals surface area contributed by atoms with Crippen LogP contribution < -0.4 is 5.73 Å². The van der Waals surface area contributed by atoms with E-state index in [0.29, 0.717) is 18.2 Å². The lowest BCUT2D eigenvalue weighted by atomic mass is 10.3. The van der Waals surface area contributed by atoms with Gasteiger partial charge < -0.3 is 15.2 Å². The first-order chi connectivity index (χ1) is 8.97. The minimum absolute atomic E-state index is 0.0948. The van der Waals surface area contributed by atoms with Gasteiger partial charge in [-0.1, -0.05) is 11.6 Å². The Morgan fingerprint density at radius 3 is 2.63 bits per heavy atom. The van der Waals surface area contributed by atoms with Gasteiger partial charge in [0.2, 0.25) is 0 Å². The Bertz CT molecular complexity index is 504. The van der Waals surface area contributed by atoms with Gasteiger partial charge >= 0.3 is 0 Å². The Labute approximate surface area is 118 Å².